The van der Waals surface area contributed by atoms with E-state index in [1.54, 1.807) is 0 Å². The number of nitrogens with two attached hydrogens (primary N) is 1. The maximum absolute atomic E-state index is 6.67. The largest absolute Gasteiger partial charge is 0.378 e. The van der Waals surface area contributed by atoms with Gasteiger partial charge in [-0.1, -0.05) is 32.0 Å². The van der Waals surface area contributed by atoms with Gasteiger partial charge in [0.15, 0.2) is 0 Å². The molecule has 0 aromatic heterocycles. The molecule has 3 heteroatoms. The molecule has 0 aliphatic heterocycles. The van der Waals surface area contributed by atoms with E-state index in [1.807, 2.05) is 6.92 Å². The molecule has 2 N–H and O–H groups in total. The van der Waals surface area contributed by atoms with Crippen LogP contribution in [-0.2, 0) is 4.74 Å². The van der Waals surface area contributed by atoms with Gasteiger partial charge in [0.1, 0.15) is 0 Å². The zero-order chi connectivity index (χ0) is 15.0. The quantitative estimate of drug-likeness (QED) is 0.898. The zero-order valence-electron chi connectivity index (χ0n) is 13.4. The molecule has 1 fully saturated rings. The fourth-order valence-corrected chi connectivity index (χ4v) is 3.28. The highest BCUT2D eigenvalue weighted by Crippen LogP contribution is 2.50. The lowest BCUT2D eigenvalue weighted by Crippen LogP contribution is -2.73. The highest BCUT2D eigenvalue weighted by molar-refractivity contribution is 5.53. The van der Waals surface area contributed by atoms with Gasteiger partial charge in [-0.2, -0.15) is 0 Å². The number of ether oxygens (including phenoxy) is 1. The first kappa shape index (κ1) is 15.3. The molecular weight excluding hydrogens is 248 g/mol. The van der Waals surface area contributed by atoms with Crippen molar-refractivity contribution in [1.82, 2.24) is 0 Å². The molecule has 1 aliphatic rings. The molecule has 1 aromatic rings. The third kappa shape index (κ3) is 2.45. The van der Waals surface area contributed by atoms with Gasteiger partial charge in [-0.25, -0.2) is 0 Å². The Balaban J connectivity index is 2.09. The Bertz CT molecular complexity index is 472. The Morgan fingerprint density at radius 2 is 2.00 bits per heavy atom. The predicted octanol–water partition coefficient (Wildman–Crippen LogP) is 2.96. The number of anilines is 1. The molecule has 0 radical (unpaired) electrons. The van der Waals surface area contributed by atoms with Crippen molar-refractivity contribution < 1.29 is 4.74 Å². The Morgan fingerprint density at radius 3 is 2.55 bits per heavy atom. The number of hydrogen-bond acceptors (Lipinski definition) is 3. The van der Waals surface area contributed by atoms with Gasteiger partial charge in [0.05, 0.1) is 6.10 Å². The van der Waals surface area contributed by atoms with Gasteiger partial charge in [0.25, 0.3) is 0 Å². The predicted molar refractivity (Wildman–Crippen MR) is 85.2 cm³/mol. The van der Waals surface area contributed by atoms with E-state index >= 15 is 0 Å². The van der Waals surface area contributed by atoms with E-state index in [9.17, 15) is 0 Å². The van der Waals surface area contributed by atoms with E-state index in [0.29, 0.717) is 0 Å². The summed E-state index contributed by atoms with van der Waals surface area (Å²) in [5.41, 5.74) is 9.04. The van der Waals surface area contributed by atoms with E-state index in [4.69, 9.17) is 10.5 Å². The van der Waals surface area contributed by atoms with Crippen LogP contribution in [0.4, 0.5) is 5.69 Å². The Hall–Kier alpha value is -1.06. The second-order valence-electron chi connectivity index (χ2n) is 6.67. The molecule has 0 heterocycles. The first-order valence-electron chi connectivity index (χ1n) is 7.49. The minimum atomic E-state index is -0.191. The van der Waals surface area contributed by atoms with E-state index in [-0.39, 0.29) is 17.1 Å². The van der Waals surface area contributed by atoms with Crippen molar-refractivity contribution in [2.24, 2.45) is 11.1 Å². The van der Waals surface area contributed by atoms with Crippen LogP contribution in [0.5, 0.6) is 0 Å². The Kier molecular flexibility index (Phi) is 4.12. The highest BCUT2D eigenvalue weighted by Gasteiger charge is 2.58. The summed E-state index contributed by atoms with van der Waals surface area (Å²) in [4.78, 5) is 2.28. The van der Waals surface area contributed by atoms with Crippen molar-refractivity contribution in [3.05, 3.63) is 29.8 Å². The van der Waals surface area contributed by atoms with Crippen LogP contribution < -0.4 is 10.6 Å². The number of likely N-dealkylation sites (N-methyl/N-ethyl adjacent to an activating group) is 1. The minimum absolute atomic E-state index is 0.0138. The molecule has 0 bridgehead atoms. The van der Waals surface area contributed by atoms with Crippen LogP contribution in [0.2, 0.25) is 0 Å². The molecule has 0 saturated heterocycles. The van der Waals surface area contributed by atoms with Crippen molar-refractivity contribution in [1.29, 1.82) is 0 Å². The van der Waals surface area contributed by atoms with Crippen LogP contribution in [-0.4, -0.2) is 31.8 Å². The zero-order valence-corrected chi connectivity index (χ0v) is 13.4. The van der Waals surface area contributed by atoms with Gasteiger partial charge in [0, 0.05) is 36.8 Å². The summed E-state index contributed by atoms with van der Waals surface area (Å²) >= 11 is 0. The minimum Gasteiger partial charge on any atom is -0.378 e. The molecule has 2 atom stereocenters. The topological polar surface area (TPSA) is 38.5 Å². The average molecular weight is 276 g/mol. The normalized spacial score (nSPS) is 28.0. The Morgan fingerprint density at radius 1 is 1.35 bits per heavy atom. The van der Waals surface area contributed by atoms with Crippen molar-refractivity contribution >= 4 is 5.69 Å². The fraction of sp³-hybridized carbons (Fsp3) is 0.647. The molecular formula is C17H28N2O. The standard InChI is InChI=1S/C17H28N2O/c1-6-20-15-11-17(18,16(15,3)4)12-19(5)14-10-8-7-9-13(14)2/h7-10,15H,6,11-12,18H2,1-5H3. The van der Waals surface area contributed by atoms with Crippen LogP contribution >= 0.6 is 0 Å². The number of para-hydroxylation sites is 1. The van der Waals surface area contributed by atoms with Gasteiger partial charge < -0.3 is 15.4 Å². The van der Waals surface area contributed by atoms with Gasteiger partial charge in [-0.3, -0.25) is 0 Å². The molecule has 2 rings (SSSR count). The number of benzene rings is 1. The third-order valence-electron chi connectivity index (χ3n) is 5.05. The van der Waals surface area contributed by atoms with Crippen LogP contribution in [0.15, 0.2) is 24.3 Å². The van der Waals surface area contributed by atoms with Gasteiger partial charge in [-0.05, 0) is 31.9 Å². The first-order valence-corrected chi connectivity index (χ1v) is 7.49. The lowest BCUT2D eigenvalue weighted by molar-refractivity contribution is -0.145. The van der Waals surface area contributed by atoms with E-state index < -0.39 is 0 Å². The molecule has 2 unspecified atom stereocenters. The van der Waals surface area contributed by atoms with Crippen molar-refractivity contribution in [3.8, 4) is 0 Å². The molecule has 112 valence electrons. The van der Waals surface area contributed by atoms with Crippen LogP contribution in [0.3, 0.4) is 0 Å². The summed E-state index contributed by atoms with van der Waals surface area (Å²) in [5.74, 6) is 0. The van der Waals surface area contributed by atoms with E-state index in [0.717, 1.165) is 19.6 Å². The van der Waals surface area contributed by atoms with Crippen molar-refractivity contribution in [2.45, 2.75) is 45.8 Å². The molecule has 1 aliphatic carbocycles. The maximum Gasteiger partial charge on any atom is 0.0662 e. The average Bonchev–Trinajstić information content (AvgIpc) is 2.38. The van der Waals surface area contributed by atoms with Crippen molar-refractivity contribution in [2.75, 3.05) is 25.1 Å². The molecule has 1 aromatic carbocycles. The lowest BCUT2D eigenvalue weighted by atomic mass is 9.54. The number of hydrogen-bond donors (Lipinski definition) is 1. The van der Waals surface area contributed by atoms with Crippen LogP contribution in [0, 0.1) is 12.3 Å². The molecule has 0 amide bonds. The third-order valence-corrected chi connectivity index (χ3v) is 5.05. The number of aryl methyl sites for hydroxylation is 1. The lowest BCUT2D eigenvalue weighted by Gasteiger charge is -2.60. The molecule has 3 nitrogen and oxygen atoms in total. The summed E-state index contributed by atoms with van der Waals surface area (Å²) in [6.45, 7) is 10.3. The molecule has 20 heavy (non-hydrogen) atoms. The summed E-state index contributed by atoms with van der Waals surface area (Å²) in [7, 11) is 2.13. The van der Waals surface area contributed by atoms with E-state index in [1.165, 1.54) is 11.3 Å². The second kappa shape index (κ2) is 5.38. The molecule has 0 spiro atoms. The van der Waals surface area contributed by atoms with Gasteiger partial charge >= 0.3 is 0 Å². The van der Waals surface area contributed by atoms with Gasteiger partial charge in [-0.15, -0.1) is 0 Å². The van der Waals surface area contributed by atoms with Gasteiger partial charge in [0.2, 0.25) is 0 Å². The number of rotatable bonds is 5. The Labute approximate surface area is 123 Å². The second-order valence-corrected chi connectivity index (χ2v) is 6.67. The SMILES string of the molecule is CCOC1CC(N)(CN(C)c2ccccc2C)C1(C)C. The van der Waals surface area contributed by atoms with Crippen LogP contribution in [0.1, 0.15) is 32.8 Å². The highest BCUT2D eigenvalue weighted by atomic mass is 16.5. The summed E-state index contributed by atoms with van der Waals surface area (Å²) in [5, 5.41) is 0. The van der Waals surface area contributed by atoms with E-state index in [2.05, 4.69) is 57.0 Å². The smallest absolute Gasteiger partial charge is 0.0662 e. The van der Waals surface area contributed by atoms with Crippen LogP contribution in [0.25, 0.3) is 0 Å². The maximum atomic E-state index is 6.67. The number of nitrogens with zero attached hydrogens (tertiary/aromatic N) is 1. The first-order chi connectivity index (χ1) is 9.32. The summed E-state index contributed by atoms with van der Waals surface area (Å²) < 4.78 is 5.80. The monoisotopic (exact) mass is 276 g/mol. The summed E-state index contributed by atoms with van der Waals surface area (Å²) in [6.07, 6.45) is 1.21. The summed E-state index contributed by atoms with van der Waals surface area (Å²) in [6, 6.07) is 8.45. The fourth-order valence-electron chi connectivity index (χ4n) is 3.28. The van der Waals surface area contributed by atoms with Crippen molar-refractivity contribution in [3.63, 3.8) is 0 Å². The molecule has 1 saturated carbocycles.